The second-order valence-corrected chi connectivity index (χ2v) is 4.94. The van der Waals surface area contributed by atoms with Crippen LogP contribution in [0.3, 0.4) is 0 Å². The van der Waals surface area contributed by atoms with Crippen molar-refractivity contribution in [3.8, 4) is 0 Å². The number of rotatable bonds is 6. The standard InChI is InChI=1S/C14H20N2O4/c1-4-10(14(19)20)15-13(18)12(9(2)3)16-8-6-5-7-11(16)17/h5-10,12H,4H2,1-3H3,(H,15,18)(H,19,20). The molecule has 0 saturated carbocycles. The average Bonchev–Trinajstić information content (AvgIpc) is 2.37. The van der Waals surface area contributed by atoms with E-state index < -0.39 is 24.0 Å². The molecule has 2 atom stereocenters. The molecule has 0 aliphatic heterocycles. The molecule has 6 heteroatoms. The maximum atomic E-state index is 12.3. The van der Waals surface area contributed by atoms with Gasteiger partial charge in [0.2, 0.25) is 5.91 Å². The van der Waals surface area contributed by atoms with E-state index in [1.807, 2.05) is 13.8 Å². The molecule has 2 N–H and O–H groups in total. The van der Waals surface area contributed by atoms with Crippen LogP contribution in [0, 0.1) is 5.92 Å². The number of carboxylic acids is 1. The van der Waals surface area contributed by atoms with Crippen LogP contribution in [-0.4, -0.2) is 27.6 Å². The second kappa shape index (κ2) is 6.88. The highest BCUT2D eigenvalue weighted by molar-refractivity contribution is 5.86. The van der Waals surface area contributed by atoms with Crippen molar-refractivity contribution in [1.29, 1.82) is 0 Å². The van der Waals surface area contributed by atoms with E-state index in [1.54, 1.807) is 19.1 Å². The van der Waals surface area contributed by atoms with Crippen molar-refractivity contribution < 1.29 is 14.7 Å². The largest absolute Gasteiger partial charge is 0.480 e. The topological polar surface area (TPSA) is 88.4 Å². The minimum atomic E-state index is -1.08. The lowest BCUT2D eigenvalue weighted by molar-refractivity contribution is -0.142. The Morgan fingerprint density at radius 1 is 1.35 bits per heavy atom. The van der Waals surface area contributed by atoms with Gasteiger partial charge < -0.3 is 15.0 Å². The Hall–Kier alpha value is -2.11. The Morgan fingerprint density at radius 3 is 2.45 bits per heavy atom. The minimum Gasteiger partial charge on any atom is -0.480 e. The number of nitrogens with zero attached hydrogens (tertiary/aromatic N) is 1. The molecule has 0 bridgehead atoms. The minimum absolute atomic E-state index is 0.138. The van der Waals surface area contributed by atoms with Gasteiger partial charge >= 0.3 is 5.97 Å². The van der Waals surface area contributed by atoms with Gasteiger partial charge in [-0.1, -0.05) is 26.8 Å². The summed E-state index contributed by atoms with van der Waals surface area (Å²) in [6.45, 7) is 5.30. The lowest BCUT2D eigenvalue weighted by atomic mass is 10.0. The lowest BCUT2D eigenvalue weighted by Crippen LogP contribution is -2.46. The number of pyridine rings is 1. The molecule has 2 unspecified atom stereocenters. The van der Waals surface area contributed by atoms with E-state index >= 15 is 0 Å². The fourth-order valence-electron chi connectivity index (χ4n) is 2.02. The highest BCUT2D eigenvalue weighted by Crippen LogP contribution is 2.16. The van der Waals surface area contributed by atoms with E-state index in [4.69, 9.17) is 5.11 Å². The number of hydrogen-bond acceptors (Lipinski definition) is 3. The third kappa shape index (κ3) is 3.69. The Balaban J connectivity index is 3.04. The molecular formula is C14H20N2O4. The first-order valence-electron chi connectivity index (χ1n) is 6.58. The summed E-state index contributed by atoms with van der Waals surface area (Å²) in [5.41, 5.74) is -0.287. The van der Waals surface area contributed by atoms with Gasteiger partial charge in [-0.25, -0.2) is 4.79 Å². The zero-order valence-electron chi connectivity index (χ0n) is 11.9. The third-order valence-corrected chi connectivity index (χ3v) is 3.07. The molecule has 0 aliphatic carbocycles. The Kier molecular flexibility index (Phi) is 5.49. The molecule has 110 valence electrons. The molecule has 0 aliphatic rings. The number of hydrogen-bond donors (Lipinski definition) is 2. The maximum Gasteiger partial charge on any atom is 0.326 e. The van der Waals surface area contributed by atoms with Crippen molar-refractivity contribution in [3.05, 3.63) is 34.7 Å². The van der Waals surface area contributed by atoms with Crippen LogP contribution in [0.2, 0.25) is 0 Å². The van der Waals surface area contributed by atoms with E-state index in [9.17, 15) is 14.4 Å². The second-order valence-electron chi connectivity index (χ2n) is 4.94. The average molecular weight is 280 g/mol. The molecule has 1 heterocycles. The molecule has 1 aromatic heterocycles. The number of aromatic nitrogens is 1. The molecule has 6 nitrogen and oxygen atoms in total. The van der Waals surface area contributed by atoms with Crippen molar-refractivity contribution in [1.82, 2.24) is 9.88 Å². The summed E-state index contributed by atoms with van der Waals surface area (Å²) in [7, 11) is 0. The monoisotopic (exact) mass is 280 g/mol. The number of aliphatic carboxylic acids is 1. The van der Waals surface area contributed by atoms with E-state index in [0.717, 1.165) is 0 Å². The quantitative estimate of drug-likeness (QED) is 0.814. The van der Waals surface area contributed by atoms with Crippen molar-refractivity contribution in [2.45, 2.75) is 39.3 Å². The van der Waals surface area contributed by atoms with Gasteiger partial charge in [-0.15, -0.1) is 0 Å². The molecule has 1 amide bonds. The number of nitrogens with one attached hydrogen (secondary N) is 1. The first kappa shape index (κ1) is 15.9. The SMILES string of the molecule is CCC(NC(=O)C(C(C)C)n1ccccc1=O)C(=O)O. The van der Waals surface area contributed by atoms with Crippen LogP contribution in [0.4, 0.5) is 0 Å². The number of carbonyl (C=O) groups is 2. The maximum absolute atomic E-state index is 12.3. The van der Waals surface area contributed by atoms with Gasteiger partial charge in [-0.2, -0.15) is 0 Å². The summed E-state index contributed by atoms with van der Waals surface area (Å²) in [5, 5.41) is 11.5. The van der Waals surface area contributed by atoms with E-state index in [1.165, 1.54) is 16.8 Å². The summed E-state index contributed by atoms with van der Waals surface area (Å²) in [4.78, 5) is 35.1. The summed E-state index contributed by atoms with van der Waals surface area (Å²) < 4.78 is 1.33. The van der Waals surface area contributed by atoms with Crippen molar-refractivity contribution in [3.63, 3.8) is 0 Å². The number of carboxylic acid groups (broad SMARTS) is 1. The summed E-state index contributed by atoms with van der Waals surface area (Å²) in [6, 6.07) is 2.97. The fourth-order valence-corrected chi connectivity index (χ4v) is 2.02. The molecule has 20 heavy (non-hydrogen) atoms. The van der Waals surface area contributed by atoms with Gasteiger partial charge in [0.15, 0.2) is 0 Å². The highest BCUT2D eigenvalue weighted by Gasteiger charge is 2.28. The van der Waals surface area contributed by atoms with Gasteiger partial charge in [-0.3, -0.25) is 9.59 Å². The number of amides is 1. The zero-order valence-corrected chi connectivity index (χ0v) is 11.9. The fraction of sp³-hybridized carbons (Fsp3) is 0.500. The van der Waals surface area contributed by atoms with Gasteiger partial charge in [0.25, 0.3) is 5.56 Å². The zero-order chi connectivity index (χ0) is 15.3. The van der Waals surface area contributed by atoms with Gasteiger partial charge in [0.1, 0.15) is 12.1 Å². The molecule has 0 fully saturated rings. The molecule has 1 aromatic rings. The third-order valence-electron chi connectivity index (χ3n) is 3.07. The molecule has 0 spiro atoms. The predicted molar refractivity (Wildman–Crippen MR) is 74.4 cm³/mol. The van der Waals surface area contributed by atoms with Crippen LogP contribution in [-0.2, 0) is 9.59 Å². The molecule has 0 saturated heterocycles. The highest BCUT2D eigenvalue weighted by atomic mass is 16.4. The summed E-state index contributed by atoms with van der Waals surface area (Å²) in [5.74, 6) is -1.67. The van der Waals surface area contributed by atoms with Gasteiger partial charge in [0, 0.05) is 12.3 Å². The van der Waals surface area contributed by atoms with Crippen LogP contribution in [0.1, 0.15) is 33.2 Å². The van der Waals surface area contributed by atoms with Crippen molar-refractivity contribution in [2.24, 2.45) is 5.92 Å². The van der Waals surface area contributed by atoms with E-state index in [0.29, 0.717) is 0 Å². The molecule has 0 aromatic carbocycles. The Morgan fingerprint density at radius 2 is 2.00 bits per heavy atom. The van der Waals surface area contributed by atoms with Gasteiger partial charge in [0.05, 0.1) is 0 Å². The Bertz CT molecular complexity index is 536. The normalized spacial score (nSPS) is 13.8. The van der Waals surface area contributed by atoms with Crippen LogP contribution in [0.25, 0.3) is 0 Å². The van der Waals surface area contributed by atoms with E-state index in [2.05, 4.69) is 5.32 Å². The van der Waals surface area contributed by atoms with E-state index in [-0.39, 0.29) is 17.9 Å². The molecule has 0 radical (unpaired) electrons. The molecular weight excluding hydrogens is 260 g/mol. The van der Waals surface area contributed by atoms with Gasteiger partial charge in [-0.05, 0) is 18.4 Å². The predicted octanol–water partition coefficient (Wildman–Crippen LogP) is 1.02. The smallest absolute Gasteiger partial charge is 0.326 e. The first-order valence-corrected chi connectivity index (χ1v) is 6.58. The van der Waals surface area contributed by atoms with Crippen LogP contribution >= 0.6 is 0 Å². The van der Waals surface area contributed by atoms with Crippen molar-refractivity contribution >= 4 is 11.9 Å². The van der Waals surface area contributed by atoms with Crippen molar-refractivity contribution in [2.75, 3.05) is 0 Å². The van der Waals surface area contributed by atoms with Crippen LogP contribution in [0.15, 0.2) is 29.2 Å². The number of carbonyl (C=O) groups excluding carboxylic acids is 1. The molecule has 1 rings (SSSR count). The lowest BCUT2D eigenvalue weighted by Gasteiger charge is -2.24. The van der Waals surface area contributed by atoms with Crippen LogP contribution in [0.5, 0.6) is 0 Å². The Labute approximate surface area is 117 Å². The summed E-state index contributed by atoms with van der Waals surface area (Å²) in [6.07, 6.45) is 1.82. The summed E-state index contributed by atoms with van der Waals surface area (Å²) >= 11 is 0. The first-order chi connectivity index (χ1) is 9.38. The van der Waals surface area contributed by atoms with Crippen LogP contribution < -0.4 is 10.9 Å².